The number of nitrogens with zero attached hydrogens (tertiary/aromatic N) is 8. The average Bonchev–Trinajstić information content (AvgIpc) is 3.25. The molecule has 2 aliphatic rings. The van der Waals surface area contributed by atoms with Gasteiger partial charge >= 0.3 is 0 Å². The second-order valence-electron chi connectivity index (χ2n) is 8.59. The van der Waals surface area contributed by atoms with E-state index in [0.717, 1.165) is 77.2 Å². The van der Waals surface area contributed by atoms with E-state index in [2.05, 4.69) is 49.6 Å². The summed E-state index contributed by atoms with van der Waals surface area (Å²) in [4.78, 5) is 19.0. The Morgan fingerprint density at radius 1 is 0.903 bits per heavy atom. The van der Waals surface area contributed by atoms with Crippen LogP contribution in [0.25, 0.3) is 5.78 Å². The van der Waals surface area contributed by atoms with Crippen molar-refractivity contribution in [3.8, 4) is 0 Å². The number of anilines is 2. The second kappa shape index (κ2) is 10.1. The lowest BCUT2D eigenvalue weighted by molar-refractivity contribution is 0.117. The van der Waals surface area contributed by atoms with Crippen LogP contribution in [0.15, 0.2) is 12.4 Å². The van der Waals surface area contributed by atoms with E-state index in [-0.39, 0.29) is 0 Å². The SMILES string of the molecule is COCCN1CCN(c2cc(N3CCN(CCOC)C(C)C3)n3ncnc3n2)CC1C. The van der Waals surface area contributed by atoms with Gasteiger partial charge in [-0.25, -0.2) is 0 Å². The maximum atomic E-state index is 5.27. The summed E-state index contributed by atoms with van der Waals surface area (Å²) in [6, 6.07) is 3.09. The zero-order chi connectivity index (χ0) is 21.8. The lowest BCUT2D eigenvalue weighted by Gasteiger charge is -2.42. The van der Waals surface area contributed by atoms with Crippen LogP contribution in [0.5, 0.6) is 0 Å². The molecule has 2 atom stereocenters. The fourth-order valence-corrected chi connectivity index (χ4v) is 4.66. The molecule has 0 N–H and O–H groups in total. The summed E-state index contributed by atoms with van der Waals surface area (Å²) in [6.45, 7) is 13.9. The van der Waals surface area contributed by atoms with Crippen molar-refractivity contribution in [3.63, 3.8) is 0 Å². The number of methoxy groups -OCH3 is 2. The predicted molar refractivity (Wildman–Crippen MR) is 121 cm³/mol. The van der Waals surface area contributed by atoms with Crippen molar-refractivity contribution in [2.45, 2.75) is 25.9 Å². The quantitative estimate of drug-likeness (QED) is 0.591. The molecule has 0 bridgehead atoms. The highest BCUT2D eigenvalue weighted by molar-refractivity contribution is 5.57. The predicted octanol–water partition coefficient (Wildman–Crippen LogP) is 0.438. The van der Waals surface area contributed by atoms with E-state index < -0.39 is 0 Å². The van der Waals surface area contributed by atoms with Gasteiger partial charge in [0.1, 0.15) is 18.0 Å². The molecule has 2 aliphatic heterocycles. The third-order valence-electron chi connectivity index (χ3n) is 6.56. The minimum atomic E-state index is 0.448. The van der Waals surface area contributed by atoms with Crippen molar-refractivity contribution in [1.29, 1.82) is 0 Å². The Bertz CT molecular complexity index is 846. The van der Waals surface area contributed by atoms with Crippen LogP contribution < -0.4 is 9.80 Å². The number of hydrogen-bond acceptors (Lipinski definition) is 9. The van der Waals surface area contributed by atoms with Gasteiger partial charge in [-0.1, -0.05) is 0 Å². The summed E-state index contributed by atoms with van der Waals surface area (Å²) < 4.78 is 12.4. The molecule has 0 amide bonds. The van der Waals surface area contributed by atoms with E-state index in [0.29, 0.717) is 17.9 Å². The molecule has 10 heteroatoms. The first-order chi connectivity index (χ1) is 15.1. The van der Waals surface area contributed by atoms with Gasteiger partial charge in [-0.05, 0) is 13.8 Å². The molecule has 10 nitrogen and oxygen atoms in total. The summed E-state index contributed by atoms with van der Waals surface area (Å²) in [5, 5.41) is 4.46. The van der Waals surface area contributed by atoms with Crippen LogP contribution >= 0.6 is 0 Å². The fraction of sp³-hybridized carbons (Fsp3) is 0.762. The summed E-state index contributed by atoms with van der Waals surface area (Å²) >= 11 is 0. The van der Waals surface area contributed by atoms with Gasteiger partial charge in [0.05, 0.1) is 13.2 Å². The largest absolute Gasteiger partial charge is 0.383 e. The summed E-state index contributed by atoms with van der Waals surface area (Å²) in [5.41, 5.74) is 0. The Balaban J connectivity index is 1.51. The highest BCUT2D eigenvalue weighted by Gasteiger charge is 2.28. The van der Waals surface area contributed by atoms with Gasteiger partial charge in [0.15, 0.2) is 0 Å². The Labute approximate surface area is 184 Å². The molecule has 0 aromatic carbocycles. The summed E-state index contributed by atoms with van der Waals surface area (Å²) in [7, 11) is 3.53. The van der Waals surface area contributed by atoms with Gasteiger partial charge in [-0.15, -0.1) is 0 Å². The molecule has 4 heterocycles. The maximum Gasteiger partial charge on any atom is 0.256 e. The number of rotatable bonds is 8. The number of hydrogen-bond donors (Lipinski definition) is 0. The van der Waals surface area contributed by atoms with Crippen LogP contribution in [-0.4, -0.2) is 121 Å². The van der Waals surface area contributed by atoms with Crippen LogP contribution in [0, 0.1) is 0 Å². The lowest BCUT2D eigenvalue weighted by Crippen LogP contribution is -2.54. The molecule has 0 aliphatic carbocycles. The Morgan fingerprint density at radius 2 is 1.52 bits per heavy atom. The van der Waals surface area contributed by atoms with E-state index in [4.69, 9.17) is 14.5 Å². The van der Waals surface area contributed by atoms with E-state index >= 15 is 0 Å². The molecule has 172 valence electrons. The highest BCUT2D eigenvalue weighted by Crippen LogP contribution is 2.25. The van der Waals surface area contributed by atoms with Gasteiger partial charge in [0.25, 0.3) is 5.78 Å². The molecule has 4 rings (SSSR count). The molecular formula is C21H36N8O2. The average molecular weight is 433 g/mol. The van der Waals surface area contributed by atoms with Crippen LogP contribution in [0.2, 0.25) is 0 Å². The Kier molecular flexibility index (Phi) is 7.21. The first kappa shape index (κ1) is 22.2. The zero-order valence-corrected chi connectivity index (χ0v) is 19.3. The molecule has 0 spiro atoms. The van der Waals surface area contributed by atoms with Gasteiger partial charge in [0, 0.05) is 84.7 Å². The van der Waals surface area contributed by atoms with Gasteiger partial charge < -0.3 is 19.3 Å². The van der Waals surface area contributed by atoms with Crippen LogP contribution in [0.1, 0.15) is 13.8 Å². The third kappa shape index (κ3) is 4.92. The molecule has 2 aromatic heterocycles. The Morgan fingerprint density at radius 3 is 2.13 bits per heavy atom. The third-order valence-corrected chi connectivity index (χ3v) is 6.56. The topological polar surface area (TPSA) is 74.5 Å². The van der Waals surface area contributed by atoms with Crippen LogP contribution in [0.3, 0.4) is 0 Å². The van der Waals surface area contributed by atoms with Gasteiger partial charge in [-0.2, -0.15) is 19.6 Å². The zero-order valence-electron chi connectivity index (χ0n) is 19.3. The second-order valence-corrected chi connectivity index (χ2v) is 8.59. The van der Waals surface area contributed by atoms with Crippen molar-refractivity contribution in [3.05, 3.63) is 12.4 Å². The molecule has 2 unspecified atom stereocenters. The first-order valence-electron chi connectivity index (χ1n) is 11.3. The van der Waals surface area contributed by atoms with Crippen LogP contribution in [-0.2, 0) is 9.47 Å². The monoisotopic (exact) mass is 432 g/mol. The van der Waals surface area contributed by atoms with Gasteiger partial charge in [-0.3, -0.25) is 9.80 Å². The van der Waals surface area contributed by atoms with Crippen molar-refractivity contribution >= 4 is 17.4 Å². The van der Waals surface area contributed by atoms with E-state index in [9.17, 15) is 0 Å². The van der Waals surface area contributed by atoms with Gasteiger partial charge in [0.2, 0.25) is 0 Å². The smallest absolute Gasteiger partial charge is 0.256 e. The molecule has 31 heavy (non-hydrogen) atoms. The highest BCUT2D eigenvalue weighted by atomic mass is 16.5. The summed E-state index contributed by atoms with van der Waals surface area (Å²) in [6.07, 6.45) is 1.60. The van der Waals surface area contributed by atoms with Crippen LogP contribution in [0.4, 0.5) is 11.6 Å². The minimum Gasteiger partial charge on any atom is -0.383 e. The first-order valence-corrected chi connectivity index (χ1v) is 11.3. The maximum absolute atomic E-state index is 5.27. The number of fused-ring (bicyclic) bond motifs is 1. The number of aromatic nitrogens is 4. The molecule has 2 aromatic rings. The normalized spacial score (nSPS) is 23.7. The molecular weight excluding hydrogens is 396 g/mol. The lowest BCUT2D eigenvalue weighted by atomic mass is 10.1. The van der Waals surface area contributed by atoms with E-state index in [1.807, 2.05) is 4.52 Å². The Hall–Kier alpha value is -2.01. The summed E-state index contributed by atoms with van der Waals surface area (Å²) in [5.74, 6) is 2.73. The number of ether oxygens (including phenoxy) is 2. The molecule has 0 saturated carbocycles. The van der Waals surface area contributed by atoms with Crippen molar-refractivity contribution in [2.75, 3.05) is 89.6 Å². The molecule has 0 radical (unpaired) electrons. The van der Waals surface area contributed by atoms with Crippen molar-refractivity contribution in [2.24, 2.45) is 0 Å². The van der Waals surface area contributed by atoms with Crippen molar-refractivity contribution in [1.82, 2.24) is 29.4 Å². The minimum absolute atomic E-state index is 0.448. The molecule has 2 saturated heterocycles. The number of piperazine rings is 2. The van der Waals surface area contributed by atoms with E-state index in [1.54, 1.807) is 20.5 Å². The van der Waals surface area contributed by atoms with Crippen molar-refractivity contribution < 1.29 is 9.47 Å². The fourth-order valence-electron chi connectivity index (χ4n) is 4.66. The van der Waals surface area contributed by atoms with E-state index in [1.165, 1.54) is 0 Å². The molecule has 2 fully saturated rings. The standard InChI is InChI=1S/C21H36N8O2/c1-17-14-27(7-5-25(17)9-11-30-3)19-13-20(29-21(24-19)22-16-23-29)28-8-6-26(10-12-31-4)18(2)15-28/h13,16-18H,5-12,14-15H2,1-4H3.